The molecular formula is C16H22O5P+. The molecule has 1 saturated heterocycles. The van der Waals surface area contributed by atoms with Crippen molar-refractivity contribution in [1.82, 2.24) is 0 Å². The Labute approximate surface area is 131 Å². The fraction of sp³-hybridized carbons (Fsp3) is 0.562. The Morgan fingerprint density at radius 2 is 2.14 bits per heavy atom. The fourth-order valence-electron chi connectivity index (χ4n) is 3.16. The number of ether oxygens (including phenoxy) is 1. The van der Waals surface area contributed by atoms with E-state index in [1.54, 1.807) is 6.92 Å². The minimum Gasteiger partial charge on any atom is -0.481 e. The third kappa shape index (κ3) is 3.54. The molecule has 1 aliphatic heterocycles. The van der Waals surface area contributed by atoms with Crippen molar-refractivity contribution in [3.05, 3.63) is 35.9 Å². The maximum absolute atomic E-state index is 12.0. The molecule has 1 fully saturated rings. The van der Waals surface area contributed by atoms with Gasteiger partial charge in [-0.3, -0.25) is 4.79 Å². The van der Waals surface area contributed by atoms with E-state index in [-0.39, 0.29) is 12.3 Å². The van der Waals surface area contributed by atoms with E-state index in [0.29, 0.717) is 25.9 Å². The van der Waals surface area contributed by atoms with Crippen molar-refractivity contribution in [2.75, 3.05) is 6.61 Å². The first-order valence-electron chi connectivity index (χ1n) is 7.56. The number of hydrogen-bond donors (Lipinski definition) is 2. The Hall–Kier alpha value is -1.29. The molecule has 120 valence electrons. The van der Waals surface area contributed by atoms with Crippen LogP contribution in [-0.4, -0.2) is 27.9 Å². The lowest BCUT2D eigenvalue weighted by atomic mass is 9.86. The largest absolute Gasteiger partial charge is 0.541 e. The number of rotatable bonds is 7. The van der Waals surface area contributed by atoms with Gasteiger partial charge in [-0.2, -0.15) is 4.89 Å². The number of benzene rings is 1. The maximum atomic E-state index is 12.0. The summed E-state index contributed by atoms with van der Waals surface area (Å²) in [6, 6.07) is 9.73. The van der Waals surface area contributed by atoms with Gasteiger partial charge >= 0.3 is 19.3 Å². The molecule has 1 heterocycles. The van der Waals surface area contributed by atoms with Crippen molar-refractivity contribution in [3.63, 3.8) is 0 Å². The monoisotopic (exact) mass is 325 g/mol. The smallest absolute Gasteiger partial charge is 0.481 e. The molecule has 0 radical (unpaired) electrons. The van der Waals surface area contributed by atoms with Crippen LogP contribution in [-0.2, 0) is 20.5 Å². The van der Waals surface area contributed by atoms with Crippen LogP contribution in [0.3, 0.4) is 0 Å². The lowest BCUT2D eigenvalue weighted by Crippen LogP contribution is -2.37. The summed E-state index contributed by atoms with van der Waals surface area (Å²) in [7, 11) is -2.62. The average Bonchev–Trinajstić information content (AvgIpc) is 2.89. The van der Waals surface area contributed by atoms with Crippen LogP contribution in [0.25, 0.3) is 0 Å². The summed E-state index contributed by atoms with van der Waals surface area (Å²) in [4.78, 5) is 21.2. The standard InChI is InChI=1S/C16H21O5P/c1-2-13(15(17)18)11-16(22(19)20)14(8-9-21-16)10-12-6-4-3-5-7-12/h3-7,13-14H,2,8-11H2,1H3,(H-,17,18,19,20)/p+1. The van der Waals surface area contributed by atoms with Gasteiger partial charge in [0.15, 0.2) is 0 Å². The van der Waals surface area contributed by atoms with Gasteiger partial charge in [-0.25, -0.2) is 0 Å². The zero-order valence-corrected chi connectivity index (χ0v) is 13.5. The Balaban J connectivity index is 2.24. The van der Waals surface area contributed by atoms with Crippen LogP contribution in [0.5, 0.6) is 0 Å². The Kier molecular flexibility index (Phi) is 5.68. The molecule has 0 amide bonds. The Bertz CT molecular complexity index is 533. The SMILES string of the molecule is CCC(CC1([P+](=O)O)OCCC1Cc1ccccc1)C(=O)O. The van der Waals surface area contributed by atoms with Crippen LogP contribution < -0.4 is 0 Å². The molecule has 6 heteroatoms. The van der Waals surface area contributed by atoms with E-state index in [1.807, 2.05) is 30.3 Å². The van der Waals surface area contributed by atoms with Gasteiger partial charge in [0.1, 0.15) is 0 Å². The van der Waals surface area contributed by atoms with E-state index >= 15 is 0 Å². The van der Waals surface area contributed by atoms with Gasteiger partial charge in [0.2, 0.25) is 0 Å². The fourth-order valence-corrected chi connectivity index (χ4v) is 4.27. The van der Waals surface area contributed by atoms with Gasteiger partial charge in [-0.1, -0.05) is 37.3 Å². The number of hydrogen-bond acceptors (Lipinski definition) is 3. The predicted molar refractivity (Wildman–Crippen MR) is 82.8 cm³/mol. The molecule has 5 nitrogen and oxygen atoms in total. The molecule has 4 atom stereocenters. The van der Waals surface area contributed by atoms with E-state index in [1.165, 1.54) is 0 Å². The summed E-state index contributed by atoms with van der Waals surface area (Å²) < 4.78 is 17.7. The highest BCUT2D eigenvalue weighted by atomic mass is 31.1. The van der Waals surface area contributed by atoms with Gasteiger partial charge in [0, 0.05) is 12.3 Å². The van der Waals surface area contributed by atoms with Crippen molar-refractivity contribution in [1.29, 1.82) is 0 Å². The molecule has 0 bridgehead atoms. The van der Waals surface area contributed by atoms with Gasteiger partial charge in [0.25, 0.3) is 0 Å². The summed E-state index contributed by atoms with van der Waals surface area (Å²) in [5, 5.41) is 8.03. The zero-order valence-electron chi connectivity index (χ0n) is 12.6. The first-order valence-corrected chi connectivity index (χ1v) is 8.77. The van der Waals surface area contributed by atoms with Crippen molar-refractivity contribution < 1.29 is 24.1 Å². The summed E-state index contributed by atoms with van der Waals surface area (Å²) in [6.45, 7) is 2.17. The molecule has 4 unspecified atom stereocenters. The molecule has 0 aliphatic carbocycles. The molecule has 1 aromatic carbocycles. The summed E-state index contributed by atoms with van der Waals surface area (Å²) in [5.74, 6) is -1.74. The molecule has 1 aromatic rings. The number of carboxylic acids is 1. The Morgan fingerprint density at radius 3 is 2.68 bits per heavy atom. The van der Waals surface area contributed by atoms with Crippen LogP contribution in [0.4, 0.5) is 0 Å². The predicted octanol–water partition coefficient (Wildman–Crippen LogP) is 3.20. The lowest BCUT2D eigenvalue weighted by molar-refractivity contribution is -0.143. The van der Waals surface area contributed by atoms with E-state index < -0.39 is 25.3 Å². The van der Waals surface area contributed by atoms with E-state index in [4.69, 9.17) is 4.74 Å². The van der Waals surface area contributed by atoms with Crippen LogP contribution in [0.1, 0.15) is 31.7 Å². The average molecular weight is 325 g/mol. The number of carbonyl (C=O) groups is 1. The van der Waals surface area contributed by atoms with Crippen LogP contribution in [0.15, 0.2) is 30.3 Å². The summed E-state index contributed by atoms with van der Waals surface area (Å²) in [5.41, 5.74) is 1.07. The lowest BCUT2D eigenvalue weighted by Gasteiger charge is -2.25. The second kappa shape index (κ2) is 7.32. The first-order chi connectivity index (χ1) is 10.5. The molecule has 1 aliphatic rings. The maximum Gasteiger partial charge on any atom is 0.541 e. The molecule has 22 heavy (non-hydrogen) atoms. The first kappa shape index (κ1) is 17.1. The van der Waals surface area contributed by atoms with E-state index in [2.05, 4.69) is 0 Å². The molecule has 2 rings (SSSR count). The third-order valence-corrected chi connectivity index (χ3v) is 5.81. The van der Waals surface area contributed by atoms with Gasteiger partial charge in [-0.15, -0.1) is 0 Å². The normalized spacial score (nSPS) is 26.6. The quantitative estimate of drug-likeness (QED) is 0.752. The highest BCUT2D eigenvalue weighted by Gasteiger charge is 2.61. The molecular weight excluding hydrogens is 303 g/mol. The topological polar surface area (TPSA) is 83.8 Å². The van der Waals surface area contributed by atoms with Crippen molar-refractivity contribution in [2.45, 2.75) is 37.9 Å². The Morgan fingerprint density at radius 1 is 1.45 bits per heavy atom. The van der Waals surface area contributed by atoms with E-state index in [9.17, 15) is 19.4 Å². The van der Waals surface area contributed by atoms with Gasteiger partial charge in [-0.05, 0) is 29.4 Å². The molecule has 0 saturated carbocycles. The zero-order chi connectivity index (χ0) is 16.2. The number of carboxylic acid groups (broad SMARTS) is 1. The minimum absolute atomic E-state index is 0.0854. The number of aliphatic carboxylic acids is 1. The minimum atomic E-state index is -2.62. The third-order valence-electron chi connectivity index (χ3n) is 4.49. The second-order valence-electron chi connectivity index (χ2n) is 5.79. The van der Waals surface area contributed by atoms with Crippen LogP contribution >= 0.6 is 8.03 Å². The van der Waals surface area contributed by atoms with Crippen molar-refractivity contribution >= 4 is 14.0 Å². The van der Waals surface area contributed by atoms with Crippen molar-refractivity contribution in [2.24, 2.45) is 11.8 Å². The van der Waals surface area contributed by atoms with Crippen LogP contribution in [0, 0.1) is 11.8 Å². The molecule has 2 N–H and O–H groups in total. The van der Waals surface area contributed by atoms with Crippen molar-refractivity contribution in [3.8, 4) is 0 Å². The molecule has 0 spiro atoms. The molecule has 0 aromatic heterocycles. The van der Waals surface area contributed by atoms with Gasteiger partial charge in [0.05, 0.1) is 12.5 Å². The summed E-state index contributed by atoms with van der Waals surface area (Å²) >= 11 is 0. The van der Waals surface area contributed by atoms with Gasteiger partial charge < -0.3 is 9.84 Å². The van der Waals surface area contributed by atoms with E-state index in [0.717, 1.165) is 5.56 Å². The highest BCUT2D eigenvalue weighted by Crippen LogP contribution is 2.53. The highest BCUT2D eigenvalue weighted by molar-refractivity contribution is 7.39. The summed E-state index contributed by atoms with van der Waals surface area (Å²) in [6.07, 6.45) is 1.80. The van der Waals surface area contributed by atoms with Crippen LogP contribution in [0.2, 0.25) is 0 Å². The second-order valence-corrected chi connectivity index (χ2v) is 7.09.